The summed E-state index contributed by atoms with van der Waals surface area (Å²) >= 11 is 0. The molecule has 0 aliphatic carbocycles. The van der Waals surface area contributed by atoms with Crippen LogP contribution < -0.4 is 0 Å². The Hall–Kier alpha value is 0.390. The lowest BCUT2D eigenvalue weighted by atomic mass is 9.70. The molecule has 0 aromatic rings. The van der Waals surface area contributed by atoms with Crippen molar-refractivity contribution in [2.45, 2.75) is 194 Å². The van der Waals surface area contributed by atoms with Crippen molar-refractivity contribution in [3.8, 4) is 0 Å². The van der Waals surface area contributed by atoms with Gasteiger partial charge in [0.15, 0.2) is 0 Å². The highest BCUT2D eigenvalue weighted by molar-refractivity contribution is 7.16. The van der Waals surface area contributed by atoms with Gasteiger partial charge in [-0.05, 0) is 43.7 Å². The van der Waals surface area contributed by atoms with Crippen molar-refractivity contribution in [3.05, 3.63) is 0 Å². The molecule has 0 heterocycles. The Morgan fingerprint density at radius 2 is 0.588 bits per heavy atom. The predicted octanol–water partition coefficient (Wildman–Crippen LogP) is 11.6. The summed E-state index contributed by atoms with van der Waals surface area (Å²) in [5, 5.41) is 0. The Morgan fingerprint density at radius 3 is 0.853 bits per heavy atom. The molecule has 0 saturated carbocycles. The van der Waals surface area contributed by atoms with Crippen molar-refractivity contribution in [1.29, 1.82) is 0 Å². The van der Waals surface area contributed by atoms with E-state index in [1.54, 1.807) is 0 Å². The van der Waals surface area contributed by atoms with Crippen LogP contribution in [0.5, 0.6) is 0 Å². The highest BCUT2D eigenvalue weighted by Gasteiger charge is 2.28. The molecule has 0 fully saturated rings. The second-order valence-electron chi connectivity index (χ2n) is 11.4. The van der Waals surface area contributed by atoms with Crippen molar-refractivity contribution < 1.29 is 5.48 Å². The summed E-state index contributed by atoms with van der Waals surface area (Å²) in [4.78, 5) is 0. The smallest absolute Gasteiger partial charge is 0.0297 e. The van der Waals surface area contributed by atoms with E-state index in [-0.39, 0.29) is 5.48 Å². The molecule has 34 heavy (non-hydrogen) atoms. The van der Waals surface area contributed by atoms with E-state index in [0.29, 0.717) is 5.41 Å². The van der Waals surface area contributed by atoms with E-state index >= 15 is 0 Å². The van der Waals surface area contributed by atoms with Gasteiger partial charge in [-0.25, -0.2) is 0 Å². The Kier molecular flexibility index (Phi) is 31.8. The summed E-state index contributed by atoms with van der Waals surface area (Å²) < 4.78 is 0. The maximum atomic E-state index is 2.86. The first-order valence-electron chi connectivity index (χ1n) is 15.9. The Balaban J connectivity index is 0. The minimum absolute atomic E-state index is 0. The van der Waals surface area contributed by atoms with Gasteiger partial charge in [-0.1, -0.05) is 162 Å². The standard InChI is InChI=1S/C32H67P.H2O/c1-4-7-10-22-27-32(28-23-11-8-5-2,29-24-12-9-6-3)30-25-20-18-16-14-13-15-17-19-21-26-31-33;/h4-31,33H2,1-3H3;1H2. The van der Waals surface area contributed by atoms with Crippen LogP contribution >= 0.6 is 9.24 Å². The molecule has 0 spiro atoms. The van der Waals surface area contributed by atoms with Crippen LogP contribution in [0.2, 0.25) is 0 Å². The highest BCUT2D eigenvalue weighted by atomic mass is 31.0. The lowest BCUT2D eigenvalue weighted by Gasteiger charge is -2.35. The lowest BCUT2D eigenvalue weighted by molar-refractivity contribution is 0.172. The quantitative estimate of drug-likeness (QED) is 0.0755. The van der Waals surface area contributed by atoms with E-state index in [4.69, 9.17) is 0 Å². The van der Waals surface area contributed by atoms with Gasteiger partial charge in [-0.2, -0.15) is 0 Å². The topological polar surface area (TPSA) is 31.5 Å². The van der Waals surface area contributed by atoms with Gasteiger partial charge in [0.05, 0.1) is 0 Å². The number of rotatable bonds is 28. The van der Waals surface area contributed by atoms with Gasteiger partial charge < -0.3 is 5.48 Å². The molecule has 0 aliphatic rings. The van der Waals surface area contributed by atoms with Gasteiger partial charge in [-0.3, -0.25) is 0 Å². The molecule has 1 nitrogen and oxygen atoms in total. The molecule has 0 aromatic carbocycles. The summed E-state index contributed by atoms with van der Waals surface area (Å²) in [5.74, 6) is 0. The normalized spacial score (nSPS) is 11.6. The Morgan fingerprint density at radius 1 is 0.353 bits per heavy atom. The molecule has 0 amide bonds. The van der Waals surface area contributed by atoms with E-state index in [0.717, 1.165) is 0 Å². The zero-order valence-corrected chi connectivity index (χ0v) is 25.5. The minimum atomic E-state index is 0. The fourth-order valence-corrected chi connectivity index (χ4v) is 6.05. The van der Waals surface area contributed by atoms with Gasteiger partial charge in [0, 0.05) is 0 Å². The monoisotopic (exact) mass is 501 g/mol. The second kappa shape index (κ2) is 29.6. The molecule has 0 radical (unpaired) electrons. The van der Waals surface area contributed by atoms with Crippen molar-refractivity contribution in [2.24, 2.45) is 5.41 Å². The van der Waals surface area contributed by atoms with Gasteiger partial charge in [0.2, 0.25) is 0 Å². The molecule has 0 aromatic heterocycles. The highest BCUT2D eigenvalue weighted by Crippen LogP contribution is 2.42. The van der Waals surface area contributed by atoms with Crippen molar-refractivity contribution in [3.63, 3.8) is 0 Å². The third-order valence-electron chi connectivity index (χ3n) is 8.09. The summed E-state index contributed by atoms with van der Waals surface area (Å²) in [6, 6.07) is 0. The molecule has 0 rings (SSSR count). The van der Waals surface area contributed by atoms with E-state index in [2.05, 4.69) is 30.0 Å². The minimum Gasteiger partial charge on any atom is -0.412 e. The Bertz CT molecular complexity index is 326. The third kappa shape index (κ3) is 24.1. The van der Waals surface area contributed by atoms with E-state index in [1.165, 1.54) is 180 Å². The SMILES string of the molecule is CCCCCCC(CCCCCC)(CCCCCC)CCCCCCCCCCCCCP.O. The van der Waals surface area contributed by atoms with Gasteiger partial charge >= 0.3 is 0 Å². The summed E-state index contributed by atoms with van der Waals surface area (Å²) in [6.07, 6.45) is 41.0. The number of hydrogen-bond acceptors (Lipinski definition) is 0. The zero-order valence-electron chi connectivity index (χ0n) is 24.4. The largest absolute Gasteiger partial charge is 0.412 e. The van der Waals surface area contributed by atoms with Crippen LogP contribution in [-0.2, 0) is 0 Å². The van der Waals surface area contributed by atoms with Crippen LogP contribution in [0.25, 0.3) is 0 Å². The van der Waals surface area contributed by atoms with Crippen molar-refractivity contribution in [2.75, 3.05) is 6.16 Å². The fourth-order valence-electron chi connectivity index (χ4n) is 5.77. The van der Waals surface area contributed by atoms with Crippen LogP contribution in [0.3, 0.4) is 0 Å². The third-order valence-corrected chi connectivity index (χ3v) is 8.50. The maximum absolute atomic E-state index is 2.86. The van der Waals surface area contributed by atoms with Crippen LogP contribution in [0.4, 0.5) is 0 Å². The second-order valence-corrected chi connectivity index (χ2v) is 11.9. The molecule has 0 bridgehead atoms. The lowest BCUT2D eigenvalue weighted by Crippen LogP contribution is -2.21. The average Bonchev–Trinajstić information content (AvgIpc) is 2.83. The van der Waals surface area contributed by atoms with Gasteiger partial charge in [0.25, 0.3) is 0 Å². The molecule has 1 unspecified atom stereocenters. The molecular formula is C32H69OP. The van der Waals surface area contributed by atoms with Gasteiger partial charge in [0.1, 0.15) is 0 Å². The van der Waals surface area contributed by atoms with Crippen LogP contribution in [0.15, 0.2) is 0 Å². The zero-order chi connectivity index (χ0) is 24.3. The molecule has 2 N–H and O–H groups in total. The molecular weight excluding hydrogens is 431 g/mol. The molecule has 2 heteroatoms. The number of hydrogen-bond donors (Lipinski definition) is 0. The molecule has 0 aliphatic heterocycles. The van der Waals surface area contributed by atoms with E-state index in [9.17, 15) is 0 Å². The van der Waals surface area contributed by atoms with Gasteiger partial charge in [-0.15, -0.1) is 9.24 Å². The van der Waals surface area contributed by atoms with E-state index < -0.39 is 0 Å². The van der Waals surface area contributed by atoms with Crippen LogP contribution in [-0.4, -0.2) is 11.6 Å². The summed E-state index contributed by atoms with van der Waals surface area (Å²) in [6.45, 7) is 7.07. The molecule has 1 atom stereocenters. The van der Waals surface area contributed by atoms with Crippen molar-refractivity contribution >= 4 is 9.24 Å². The average molecular weight is 501 g/mol. The first kappa shape index (κ1) is 36.5. The summed E-state index contributed by atoms with van der Waals surface area (Å²) in [7, 11) is 2.86. The molecule has 0 saturated heterocycles. The first-order valence-corrected chi connectivity index (χ1v) is 16.8. The number of unbranched alkanes of at least 4 members (excludes halogenated alkanes) is 19. The van der Waals surface area contributed by atoms with Crippen LogP contribution in [0, 0.1) is 5.41 Å². The Labute approximate surface area is 220 Å². The first-order chi connectivity index (χ1) is 16.2. The fraction of sp³-hybridized carbons (Fsp3) is 1.00. The van der Waals surface area contributed by atoms with Crippen molar-refractivity contribution in [1.82, 2.24) is 0 Å². The maximum Gasteiger partial charge on any atom is -0.0297 e. The summed E-state index contributed by atoms with van der Waals surface area (Å²) in [5.41, 5.74) is 0.687. The van der Waals surface area contributed by atoms with E-state index in [1.807, 2.05) is 0 Å². The molecule has 208 valence electrons. The predicted molar refractivity (Wildman–Crippen MR) is 162 cm³/mol. The van der Waals surface area contributed by atoms with Crippen LogP contribution in [0.1, 0.15) is 194 Å².